The van der Waals surface area contributed by atoms with Crippen LogP contribution in [0.3, 0.4) is 0 Å². The van der Waals surface area contributed by atoms with Gasteiger partial charge in [-0.3, -0.25) is 15.1 Å². The van der Waals surface area contributed by atoms with Crippen LogP contribution < -0.4 is 15.5 Å². The molecule has 0 aliphatic carbocycles. The first-order chi connectivity index (χ1) is 14.6. The quantitative estimate of drug-likeness (QED) is 0.681. The zero-order valence-corrected chi connectivity index (χ0v) is 16.1. The minimum Gasteiger partial charge on any atom is -0.332 e. The molecular formula is C22H20FN5O2. The zero-order valence-electron chi connectivity index (χ0n) is 16.1. The van der Waals surface area contributed by atoms with Crippen LogP contribution in [0.25, 0.3) is 0 Å². The van der Waals surface area contributed by atoms with E-state index in [1.807, 2.05) is 12.1 Å². The van der Waals surface area contributed by atoms with Crippen molar-refractivity contribution in [2.75, 3.05) is 16.8 Å². The summed E-state index contributed by atoms with van der Waals surface area (Å²) >= 11 is 0. The lowest BCUT2D eigenvalue weighted by molar-refractivity contribution is -0.117. The van der Waals surface area contributed by atoms with Crippen molar-refractivity contribution in [1.29, 1.82) is 0 Å². The topological polar surface area (TPSA) is 87.2 Å². The van der Waals surface area contributed by atoms with E-state index in [4.69, 9.17) is 0 Å². The van der Waals surface area contributed by atoms with Crippen molar-refractivity contribution in [3.8, 4) is 0 Å². The summed E-state index contributed by atoms with van der Waals surface area (Å²) in [5.41, 5.74) is 1.87. The molecule has 1 atom stereocenters. The standard InChI is InChI=1S/C22H20FN5O2/c23-19-7-2-1-6-18(19)15-11-21(29)28(14-15)17-8-10-25-20(12-17)27-22(30)26-13-16-5-3-4-9-24-16/h1-10,12,15H,11,13-14H2,(H2,25,26,27,30)/t15-/m1/s1. The molecule has 3 heterocycles. The average molecular weight is 405 g/mol. The summed E-state index contributed by atoms with van der Waals surface area (Å²) in [7, 11) is 0. The number of urea groups is 1. The molecule has 3 amide bonds. The van der Waals surface area contributed by atoms with E-state index in [0.29, 0.717) is 23.6 Å². The molecule has 1 aromatic carbocycles. The van der Waals surface area contributed by atoms with Crippen LogP contribution in [0.2, 0.25) is 0 Å². The SMILES string of the molecule is O=C(NCc1ccccn1)Nc1cc(N2C[C@H](c3ccccc3F)CC2=O)ccn1. The number of pyridine rings is 2. The van der Waals surface area contributed by atoms with Crippen LogP contribution >= 0.6 is 0 Å². The molecule has 0 radical (unpaired) electrons. The molecule has 7 nitrogen and oxygen atoms in total. The molecule has 2 N–H and O–H groups in total. The molecule has 1 saturated heterocycles. The average Bonchev–Trinajstić information content (AvgIpc) is 3.15. The van der Waals surface area contributed by atoms with Gasteiger partial charge in [0, 0.05) is 43.0 Å². The highest BCUT2D eigenvalue weighted by Gasteiger charge is 2.33. The second-order valence-corrected chi connectivity index (χ2v) is 6.95. The van der Waals surface area contributed by atoms with E-state index in [0.717, 1.165) is 5.69 Å². The minimum absolute atomic E-state index is 0.0972. The molecule has 152 valence electrons. The lowest BCUT2D eigenvalue weighted by Gasteiger charge is -2.18. The molecule has 0 saturated carbocycles. The number of hydrogen-bond donors (Lipinski definition) is 2. The fourth-order valence-electron chi connectivity index (χ4n) is 3.46. The summed E-state index contributed by atoms with van der Waals surface area (Å²) in [6, 6.07) is 14.9. The first-order valence-corrected chi connectivity index (χ1v) is 9.56. The number of rotatable bonds is 5. The number of nitrogens with zero attached hydrogens (tertiary/aromatic N) is 3. The van der Waals surface area contributed by atoms with Crippen molar-refractivity contribution in [2.24, 2.45) is 0 Å². The summed E-state index contributed by atoms with van der Waals surface area (Å²) in [5, 5.41) is 5.36. The molecule has 4 rings (SSSR count). The molecule has 0 bridgehead atoms. The third kappa shape index (κ3) is 4.43. The number of carbonyl (C=O) groups excluding carboxylic acids is 2. The van der Waals surface area contributed by atoms with Gasteiger partial charge in [-0.05, 0) is 29.8 Å². The molecule has 1 aliphatic heterocycles. The summed E-state index contributed by atoms with van der Waals surface area (Å²) in [6.07, 6.45) is 3.41. The lowest BCUT2D eigenvalue weighted by Crippen LogP contribution is -2.29. The van der Waals surface area contributed by atoms with Gasteiger partial charge in [0.15, 0.2) is 0 Å². The Hall–Kier alpha value is -3.81. The van der Waals surface area contributed by atoms with E-state index < -0.39 is 6.03 Å². The van der Waals surface area contributed by atoms with Crippen LogP contribution in [0.1, 0.15) is 23.6 Å². The smallest absolute Gasteiger partial charge is 0.320 e. The van der Waals surface area contributed by atoms with Gasteiger partial charge < -0.3 is 10.2 Å². The maximum Gasteiger partial charge on any atom is 0.320 e. The van der Waals surface area contributed by atoms with E-state index in [1.165, 1.54) is 12.3 Å². The predicted octanol–water partition coefficient (Wildman–Crippen LogP) is 3.46. The second kappa shape index (κ2) is 8.69. The Morgan fingerprint density at radius 2 is 1.93 bits per heavy atom. The van der Waals surface area contributed by atoms with Crippen LogP contribution in [-0.2, 0) is 11.3 Å². The molecule has 0 spiro atoms. The number of benzene rings is 1. The number of carbonyl (C=O) groups is 2. The van der Waals surface area contributed by atoms with Gasteiger partial charge in [-0.15, -0.1) is 0 Å². The summed E-state index contributed by atoms with van der Waals surface area (Å²) in [6.45, 7) is 0.649. The van der Waals surface area contributed by atoms with E-state index >= 15 is 0 Å². The number of hydrogen-bond acceptors (Lipinski definition) is 4. The minimum atomic E-state index is -0.428. The van der Waals surface area contributed by atoms with Crippen molar-refractivity contribution < 1.29 is 14.0 Å². The predicted molar refractivity (Wildman–Crippen MR) is 110 cm³/mol. The second-order valence-electron chi connectivity index (χ2n) is 6.95. The fourth-order valence-corrected chi connectivity index (χ4v) is 3.46. The first kappa shape index (κ1) is 19.5. The van der Waals surface area contributed by atoms with Crippen molar-refractivity contribution in [3.05, 3.63) is 84.1 Å². The summed E-state index contributed by atoms with van der Waals surface area (Å²) in [4.78, 5) is 34.6. The normalized spacial score (nSPS) is 15.8. The van der Waals surface area contributed by atoms with Crippen molar-refractivity contribution in [2.45, 2.75) is 18.9 Å². The number of aromatic nitrogens is 2. The third-order valence-corrected chi connectivity index (χ3v) is 4.92. The Balaban J connectivity index is 1.41. The first-order valence-electron chi connectivity index (χ1n) is 9.56. The van der Waals surface area contributed by atoms with E-state index in [1.54, 1.807) is 47.5 Å². The van der Waals surface area contributed by atoms with Gasteiger partial charge in [-0.1, -0.05) is 24.3 Å². The molecule has 30 heavy (non-hydrogen) atoms. The largest absolute Gasteiger partial charge is 0.332 e. The number of anilines is 2. The fraction of sp³-hybridized carbons (Fsp3) is 0.182. The van der Waals surface area contributed by atoms with Crippen LogP contribution in [0.5, 0.6) is 0 Å². The number of amides is 3. The molecule has 3 aromatic rings. The monoisotopic (exact) mass is 405 g/mol. The molecule has 1 aliphatic rings. The Labute approximate surface area is 173 Å². The van der Waals surface area contributed by atoms with Crippen LogP contribution in [-0.4, -0.2) is 28.5 Å². The highest BCUT2D eigenvalue weighted by atomic mass is 19.1. The molecule has 0 unspecified atom stereocenters. The van der Waals surface area contributed by atoms with Gasteiger partial charge in [0.2, 0.25) is 5.91 Å². The van der Waals surface area contributed by atoms with Crippen molar-refractivity contribution >= 4 is 23.4 Å². The molecular weight excluding hydrogens is 385 g/mol. The highest BCUT2D eigenvalue weighted by Crippen LogP contribution is 2.33. The summed E-state index contributed by atoms with van der Waals surface area (Å²) < 4.78 is 14.1. The maximum atomic E-state index is 14.1. The van der Waals surface area contributed by atoms with Gasteiger partial charge in [0.25, 0.3) is 0 Å². The highest BCUT2D eigenvalue weighted by molar-refractivity contribution is 5.97. The number of nitrogens with one attached hydrogen (secondary N) is 2. The van der Waals surface area contributed by atoms with E-state index in [-0.39, 0.29) is 30.6 Å². The Morgan fingerprint density at radius 3 is 2.73 bits per heavy atom. The van der Waals surface area contributed by atoms with Gasteiger partial charge in [-0.2, -0.15) is 0 Å². The third-order valence-electron chi connectivity index (χ3n) is 4.92. The van der Waals surface area contributed by atoms with Gasteiger partial charge in [0.1, 0.15) is 11.6 Å². The van der Waals surface area contributed by atoms with Crippen molar-refractivity contribution in [3.63, 3.8) is 0 Å². The summed E-state index contributed by atoms with van der Waals surface area (Å²) in [5.74, 6) is -0.308. The van der Waals surface area contributed by atoms with Crippen molar-refractivity contribution in [1.82, 2.24) is 15.3 Å². The maximum absolute atomic E-state index is 14.1. The van der Waals surface area contributed by atoms with Gasteiger partial charge in [-0.25, -0.2) is 14.2 Å². The number of halogens is 1. The molecule has 1 fully saturated rings. The lowest BCUT2D eigenvalue weighted by atomic mass is 9.98. The molecule has 2 aromatic heterocycles. The zero-order chi connectivity index (χ0) is 20.9. The molecule has 8 heteroatoms. The van der Waals surface area contributed by atoms with Crippen LogP contribution in [0.15, 0.2) is 67.0 Å². The van der Waals surface area contributed by atoms with E-state index in [2.05, 4.69) is 20.6 Å². The van der Waals surface area contributed by atoms with E-state index in [9.17, 15) is 14.0 Å². The van der Waals surface area contributed by atoms with Gasteiger partial charge >= 0.3 is 6.03 Å². The van der Waals surface area contributed by atoms with Gasteiger partial charge in [0.05, 0.1) is 12.2 Å². The Kier molecular flexibility index (Phi) is 5.65. The Bertz CT molecular complexity index is 1060. The Morgan fingerprint density at radius 1 is 1.10 bits per heavy atom. The van der Waals surface area contributed by atoms with Crippen LogP contribution in [0.4, 0.5) is 20.7 Å². The van der Waals surface area contributed by atoms with Crippen LogP contribution in [0, 0.1) is 5.82 Å².